The number of allylic oxidation sites excluding steroid dienone is 4. The Kier molecular flexibility index (Phi) is 9.14. The number of rotatable bonds is 8. The Morgan fingerprint density at radius 2 is 1.57 bits per heavy atom. The van der Waals surface area contributed by atoms with Crippen LogP contribution in [-0.2, 0) is 32.9 Å². The van der Waals surface area contributed by atoms with Crippen molar-refractivity contribution in [1.29, 1.82) is 0 Å². The average molecular weight is 834 g/mol. The van der Waals surface area contributed by atoms with Crippen molar-refractivity contribution in [3.8, 4) is 22.4 Å². The number of aromatic nitrogens is 1. The number of pyridine rings is 1. The quantitative estimate of drug-likeness (QED) is 0.0871. The Morgan fingerprint density at radius 3 is 2.14 bits per heavy atom. The second kappa shape index (κ2) is 18.0. The molecule has 0 aliphatic rings. The molecule has 0 amide bonds. The number of hydrogen-bond acceptors (Lipinski definition) is 1. The van der Waals surface area contributed by atoms with Gasteiger partial charge >= 0.3 is 20.1 Å². The van der Waals surface area contributed by atoms with E-state index in [1.807, 2.05) is 82.3 Å². The van der Waals surface area contributed by atoms with Crippen LogP contribution in [0.25, 0.3) is 38.9 Å². The van der Waals surface area contributed by atoms with Crippen molar-refractivity contribution in [3.63, 3.8) is 0 Å². The van der Waals surface area contributed by atoms with Gasteiger partial charge in [0.2, 0.25) is 0 Å². The first-order valence-corrected chi connectivity index (χ1v) is 15.7. The van der Waals surface area contributed by atoms with E-state index in [0.29, 0.717) is 22.4 Å². The predicted molar refractivity (Wildman–Crippen MR) is 208 cm³/mol. The molecule has 49 heavy (non-hydrogen) atoms. The number of aryl methyl sites for hydroxylation is 1. The second-order valence-corrected chi connectivity index (χ2v) is 13.3. The van der Waals surface area contributed by atoms with Gasteiger partial charge in [-0.2, -0.15) is 6.21 Å². The Morgan fingerprint density at radius 1 is 0.898 bits per heavy atom. The smallest absolute Gasteiger partial charge is 0.811 e. The molecule has 0 radical (unpaired) electrons. The van der Waals surface area contributed by atoms with Gasteiger partial charge in [-0.25, -0.2) is 0 Å². The zero-order chi connectivity index (χ0) is 45.2. The molecule has 4 aromatic carbocycles. The van der Waals surface area contributed by atoms with Crippen molar-refractivity contribution < 1.29 is 36.6 Å². The molecule has 0 aliphatic carbocycles. The first-order valence-electron chi connectivity index (χ1n) is 21.7. The Balaban J connectivity index is 0.000000331. The molecule has 0 bridgehead atoms. The van der Waals surface area contributed by atoms with E-state index >= 15 is 0 Å². The van der Waals surface area contributed by atoms with Crippen LogP contribution in [0, 0.1) is 29.8 Å². The Hall–Kier alpha value is -4.17. The molecule has 0 saturated heterocycles. The number of nitrogens with zero attached hydrogens (tertiary/aromatic N) is 2. The monoisotopic (exact) mass is 834 g/mol. The predicted octanol–water partition coefficient (Wildman–Crippen LogP) is 12.3. The minimum Gasteiger partial charge on any atom is -0.811 e. The van der Waals surface area contributed by atoms with Gasteiger partial charge in [-0.1, -0.05) is 140 Å². The number of benzene rings is 4. The summed E-state index contributed by atoms with van der Waals surface area (Å²) in [5.41, 5.74) is 3.95. The zero-order valence-corrected chi connectivity index (χ0v) is 31.4. The average Bonchev–Trinajstić information content (AvgIpc) is 3.18. The minimum atomic E-state index is -2.62. The molecule has 0 spiro atoms. The third-order valence-corrected chi connectivity index (χ3v) is 6.78. The molecule has 5 rings (SSSR count). The summed E-state index contributed by atoms with van der Waals surface area (Å²) in [4.78, 5) is 4.34. The maximum absolute atomic E-state index is 9.27. The molecule has 0 aliphatic heterocycles. The van der Waals surface area contributed by atoms with Crippen LogP contribution >= 0.6 is 0 Å². The van der Waals surface area contributed by atoms with E-state index in [1.165, 1.54) is 18.3 Å². The van der Waals surface area contributed by atoms with Crippen LogP contribution in [-0.4, -0.2) is 11.2 Å². The zero-order valence-electron chi connectivity index (χ0n) is 41.0. The molecule has 0 saturated carbocycles. The normalized spacial score (nSPS) is 16.4. The summed E-state index contributed by atoms with van der Waals surface area (Å²) >= 11 is 0. The van der Waals surface area contributed by atoms with Gasteiger partial charge in [-0.15, -0.1) is 70.8 Å². The maximum atomic E-state index is 9.27. The molecule has 0 fully saturated rings. The Bertz CT molecular complexity index is 2360. The van der Waals surface area contributed by atoms with Crippen LogP contribution in [0.2, 0.25) is 0 Å². The fourth-order valence-electron chi connectivity index (χ4n) is 4.73. The van der Waals surface area contributed by atoms with Gasteiger partial charge in [0, 0.05) is 15.8 Å². The van der Waals surface area contributed by atoms with Crippen LogP contribution in [0.1, 0.15) is 92.7 Å². The van der Waals surface area contributed by atoms with E-state index in [4.69, 9.17) is 16.4 Å². The van der Waals surface area contributed by atoms with Crippen molar-refractivity contribution >= 4 is 17.4 Å². The topological polar surface area (TPSA) is 35.2 Å². The van der Waals surface area contributed by atoms with Crippen LogP contribution in [0.15, 0.2) is 121 Å². The SMILES string of the molecule is [2H]C([2H])(c1ccc(C(/C=C(\C)c2[c-]cccc2)=C/C=[N-])cc1)C(C)(C)C.[2H]c1c([2H])c([2H])c(-c2cc(-c3ccc(C([2H])([2H])C(C)(C)C)cn3)[c-]cc2C([2H])([2H])[2H])c([2H])c1[2H].[Ir+3]. The van der Waals surface area contributed by atoms with E-state index in [1.54, 1.807) is 39.0 Å². The van der Waals surface area contributed by atoms with Crippen LogP contribution < -0.4 is 0 Å². The summed E-state index contributed by atoms with van der Waals surface area (Å²) in [5.74, 6) is 0. The summed E-state index contributed by atoms with van der Waals surface area (Å²) in [6, 6.07) is 24.4. The largest absolute Gasteiger partial charge is 3.00 e. The van der Waals surface area contributed by atoms with Gasteiger partial charge in [-0.05, 0) is 57.1 Å². The van der Waals surface area contributed by atoms with Crippen LogP contribution in [0.5, 0.6) is 0 Å². The molecule has 0 atom stereocenters. The third-order valence-electron chi connectivity index (χ3n) is 6.78. The van der Waals surface area contributed by atoms with Crippen molar-refractivity contribution in [1.82, 2.24) is 4.98 Å². The summed E-state index contributed by atoms with van der Waals surface area (Å²) in [6.07, 6.45) is 2.99. The van der Waals surface area contributed by atoms with Crippen molar-refractivity contribution in [2.75, 3.05) is 0 Å². The van der Waals surface area contributed by atoms with E-state index in [2.05, 4.69) is 17.1 Å². The Labute approximate surface area is 326 Å². The standard InChI is InChI=1S/C23H24N.C23H25N.Ir/c1-17-10-12-20(14-21(17)19-8-6-5-7-9-19)22-13-11-18(16-24-22)15-23(2,3)4;1-18(20-8-6-5-7-9-20)16-22(14-15-24)21-12-10-19(11-13-21)17-23(2,3)4;/h5-11,13-14,16H,15H2,1-4H3;5-8,10-16H,17H2,1-4H3;/q-1;-2;+3/b;18-16+,22-14+;/i1D3,5D,6D,7D,8D,9D,15D2;17D2;. The fourth-order valence-corrected chi connectivity index (χ4v) is 4.73. The number of hydrogen-bond donors (Lipinski definition) is 0. The second-order valence-electron chi connectivity index (χ2n) is 13.3. The summed E-state index contributed by atoms with van der Waals surface area (Å²) in [7, 11) is 0. The molecule has 1 heterocycles. The first kappa shape index (κ1) is 24.9. The minimum absolute atomic E-state index is 0. The van der Waals surface area contributed by atoms with Gasteiger partial charge < -0.3 is 10.4 Å². The first-order chi connectivity index (χ1) is 27.6. The molecule has 252 valence electrons. The molecule has 3 heteroatoms. The van der Waals surface area contributed by atoms with E-state index in [0.717, 1.165) is 28.5 Å². The van der Waals surface area contributed by atoms with Crippen molar-refractivity contribution in [3.05, 3.63) is 167 Å². The third kappa shape index (κ3) is 12.7. The molecule has 2 nitrogen and oxygen atoms in total. The van der Waals surface area contributed by atoms with Crippen LogP contribution in [0.3, 0.4) is 0 Å². The van der Waals surface area contributed by atoms with Gasteiger partial charge in [-0.3, -0.25) is 0 Å². The summed E-state index contributed by atoms with van der Waals surface area (Å²) < 4.78 is 97.5. The molecule has 0 unspecified atom stereocenters. The van der Waals surface area contributed by atoms with Crippen LogP contribution in [0.4, 0.5) is 0 Å². The summed E-state index contributed by atoms with van der Waals surface area (Å²) in [5, 5.41) is 9.27. The van der Waals surface area contributed by atoms with E-state index < -0.39 is 60.6 Å². The van der Waals surface area contributed by atoms with Gasteiger partial charge in [0.15, 0.2) is 0 Å². The van der Waals surface area contributed by atoms with Gasteiger partial charge in [0.1, 0.15) is 0 Å². The molecular weight excluding hydrogens is 773 g/mol. The van der Waals surface area contributed by atoms with Gasteiger partial charge in [0.25, 0.3) is 0 Å². The maximum Gasteiger partial charge on any atom is 3.00 e. The molecular formula is C46H49IrN2. The van der Waals surface area contributed by atoms with E-state index in [-0.39, 0.29) is 36.8 Å². The molecule has 1 aromatic heterocycles. The van der Waals surface area contributed by atoms with Gasteiger partial charge in [0.05, 0.1) is 6.85 Å². The van der Waals surface area contributed by atoms with E-state index in [9.17, 15) is 5.41 Å². The molecule has 5 aromatic rings. The van der Waals surface area contributed by atoms with Crippen molar-refractivity contribution in [2.45, 2.75) is 68.1 Å². The fraction of sp³-hybridized carbons (Fsp3) is 0.261. The van der Waals surface area contributed by atoms with Crippen molar-refractivity contribution in [2.24, 2.45) is 10.8 Å². The molecule has 0 N–H and O–H groups in total. The summed E-state index contributed by atoms with van der Waals surface area (Å²) in [6.45, 7) is 10.4.